The van der Waals surface area contributed by atoms with Crippen molar-refractivity contribution in [1.82, 2.24) is 14.5 Å². The maximum atomic E-state index is 11.4. The van der Waals surface area contributed by atoms with E-state index in [0.717, 1.165) is 47.7 Å². The van der Waals surface area contributed by atoms with Gasteiger partial charge in [0.15, 0.2) is 11.5 Å². The second kappa shape index (κ2) is 12.4. The lowest BCUT2D eigenvalue weighted by Crippen LogP contribution is -2.48. The highest BCUT2D eigenvalue weighted by Gasteiger charge is 2.34. The maximum Gasteiger partial charge on any atom is 0.161 e. The Bertz CT molecular complexity index is 1150. The van der Waals surface area contributed by atoms with Gasteiger partial charge in [-0.3, -0.25) is 4.90 Å². The van der Waals surface area contributed by atoms with Gasteiger partial charge in [-0.1, -0.05) is 12.1 Å². The summed E-state index contributed by atoms with van der Waals surface area (Å²) in [7, 11) is 1.65. The molecule has 3 aromatic rings. The fourth-order valence-corrected chi connectivity index (χ4v) is 4.62. The number of aromatic nitrogens is 2. The highest BCUT2D eigenvalue weighted by molar-refractivity contribution is 5.43. The van der Waals surface area contributed by atoms with E-state index in [9.17, 15) is 5.11 Å². The van der Waals surface area contributed by atoms with Gasteiger partial charge in [-0.05, 0) is 67.6 Å². The molecule has 1 aliphatic rings. The number of aliphatic hydroxyl groups is 1. The van der Waals surface area contributed by atoms with E-state index < -0.39 is 5.60 Å². The molecule has 0 aliphatic carbocycles. The van der Waals surface area contributed by atoms with Crippen LogP contribution in [-0.2, 0) is 17.8 Å². The van der Waals surface area contributed by atoms with Crippen molar-refractivity contribution in [3.63, 3.8) is 0 Å². The fraction of sp³-hybridized carbons (Fsp3) is 0.483. The summed E-state index contributed by atoms with van der Waals surface area (Å²) in [4.78, 5) is 6.27. The van der Waals surface area contributed by atoms with Crippen molar-refractivity contribution >= 4 is 0 Å². The first kappa shape index (κ1) is 27.0. The molecule has 0 amide bonds. The van der Waals surface area contributed by atoms with Crippen molar-refractivity contribution in [3.05, 3.63) is 71.3 Å². The van der Waals surface area contributed by atoms with Crippen LogP contribution < -0.4 is 14.2 Å². The number of methoxy groups -OCH3 is 1. The lowest BCUT2D eigenvalue weighted by Gasteiger charge is -2.31. The summed E-state index contributed by atoms with van der Waals surface area (Å²) < 4.78 is 25.5. The summed E-state index contributed by atoms with van der Waals surface area (Å²) in [6, 6.07) is 10.2. The predicted octanol–water partition coefficient (Wildman–Crippen LogP) is 3.93. The quantitative estimate of drug-likeness (QED) is 0.393. The van der Waals surface area contributed by atoms with E-state index in [1.165, 1.54) is 5.56 Å². The van der Waals surface area contributed by atoms with Crippen LogP contribution in [0.15, 0.2) is 49.1 Å². The van der Waals surface area contributed by atoms with Crippen molar-refractivity contribution in [2.45, 2.75) is 45.9 Å². The third kappa shape index (κ3) is 7.47. The predicted molar refractivity (Wildman–Crippen MR) is 143 cm³/mol. The molecule has 1 aromatic heterocycles. The summed E-state index contributed by atoms with van der Waals surface area (Å²) in [6.07, 6.45) is 6.39. The van der Waals surface area contributed by atoms with Crippen LogP contribution in [0.1, 0.15) is 28.7 Å². The van der Waals surface area contributed by atoms with E-state index in [1.54, 1.807) is 19.6 Å². The summed E-state index contributed by atoms with van der Waals surface area (Å²) in [6.45, 7) is 10.4. The lowest BCUT2D eigenvalue weighted by atomic mass is 10.0. The first-order valence-corrected chi connectivity index (χ1v) is 12.8. The van der Waals surface area contributed by atoms with Crippen LogP contribution in [0.2, 0.25) is 0 Å². The monoisotopic (exact) mass is 509 g/mol. The molecule has 1 atom stereocenters. The number of ether oxygens (including phenoxy) is 4. The van der Waals surface area contributed by atoms with Gasteiger partial charge in [0.25, 0.3) is 0 Å². The highest BCUT2D eigenvalue weighted by atomic mass is 16.5. The third-order valence-corrected chi connectivity index (χ3v) is 6.71. The third-order valence-electron chi connectivity index (χ3n) is 6.71. The molecule has 0 bridgehead atoms. The average molecular weight is 510 g/mol. The van der Waals surface area contributed by atoms with Gasteiger partial charge in [0, 0.05) is 38.6 Å². The zero-order valence-electron chi connectivity index (χ0n) is 22.4. The molecule has 1 aliphatic heterocycles. The number of β-amino-alcohol motifs (C(OH)–C–C–N with tert-alkyl or cyclic N) is 1. The largest absolute Gasteiger partial charge is 0.493 e. The van der Waals surface area contributed by atoms with Crippen LogP contribution in [0.4, 0.5) is 0 Å². The fourth-order valence-electron chi connectivity index (χ4n) is 4.62. The van der Waals surface area contributed by atoms with Gasteiger partial charge in [0.05, 0.1) is 33.3 Å². The van der Waals surface area contributed by atoms with Gasteiger partial charge >= 0.3 is 0 Å². The molecular weight excluding hydrogens is 470 g/mol. The van der Waals surface area contributed by atoms with Crippen LogP contribution in [-0.4, -0.2) is 71.8 Å². The van der Waals surface area contributed by atoms with Gasteiger partial charge in [-0.15, -0.1) is 0 Å². The number of imidazole rings is 1. The van der Waals surface area contributed by atoms with Crippen molar-refractivity contribution in [2.75, 3.05) is 46.6 Å². The maximum absolute atomic E-state index is 11.4. The Kier molecular flexibility index (Phi) is 9.08. The second-order valence-electron chi connectivity index (χ2n) is 9.97. The molecule has 1 N–H and O–H groups in total. The molecule has 0 unspecified atom stereocenters. The van der Waals surface area contributed by atoms with Crippen LogP contribution in [0.5, 0.6) is 17.2 Å². The summed E-state index contributed by atoms with van der Waals surface area (Å²) >= 11 is 0. The smallest absolute Gasteiger partial charge is 0.161 e. The molecule has 0 saturated carbocycles. The van der Waals surface area contributed by atoms with Crippen LogP contribution >= 0.6 is 0 Å². The summed E-state index contributed by atoms with van der Waals surface area (Å²) in [5.41, 5.74) is 3.39. The minimum absolute atomic E-state index is 0.168. The van der Waals surface area contributed by atoms with E-state index >= 15 is 0 Å². The molecule has 37 heavy (non-hydrogen) atoms. The van der Waals surface area contributed by atoms with E-state index in [4.69, 9.17) is 18.9 Å². The van der Waals surface area contributed by atoms with Gasteiger partial charge in [-0.25, -0.2) is 4.98 Å². The average Bonchev–Trinajstić information content (AvgIpc) is 3.32. The summed E-state index contributed by atoms with van der Waals surface area (Å²) in [5, 5.41) is 11.4. The zero-order chi connectivity index (χ0) is 26.3. The number of aryl methyl sites for hydroxylation is 3. The molecule has 8 nitrogen and oxygen atoms in total. The zero-order valence-corrected chi connectivity index (χ0v) is 22.4. The van der Waals surface area contributed by atoms with Crippen molar-refractivity contribution in [1.29, 1.82) is 0 Å². The Hall–Kier alpha value is -3.07. The molecule has 4 rings (SSSR count). The van der Waals surface area contributed by atoms with Gasteiger partial charge in [0.1, 0.15) is 18.0 Å². The number of hydrogen-bond donors (Lipinski definition) is 1. The van der Waals surface area contributed by atoms with E-state index in [2.05, 4.69) is 29.8 Å². The van der Waals surface area contributed by atoms with Crippen molar-refractivity contribution in [3.8, 4) is 17.2 Å². The van der Waals surface area contributed by atoms with E-state index in [-0.39, 0.29) is 13.2 Å². The molecule has 200 valence electrons. The Morgan fingerprint density at radius 2 is 1.95 bits per heavy atom. The number of hydrogen-bond acceptors (Lipinski definition) is 7. The number of rotatable bonds is 11. The highest BCUT2D eigenvalue weighted by Crippen LogP contribution is 2.30. The molecule has 1 saturated heterocycles. The molecule has 8 heteroatoms. The minimum atomic E-state index is -1.11. The number of nitrogens with zero attached hydrogens (tertiary/aromatic N) is 3. The van der Waals surface area contributed by atoms with Crippen LogP contribution in [0, 0.1) is 20.8 Å². The van der Waals surface area contributed by atoms with Crippen LogP contribution in [0.3, 0.4) is 0 Å². The Morgan fingerprint density at radius 1 is 1.08 bits per heavy atom. The minimum Gasteiger partial charge on any atom is -0.493 e. The van der Waals surface area contributed by atoms with Gasteiger partial charge in [0.2, 0.25) is 0 Å². The van der Waals surface area contributed by atoms with Crippen molar-refractivity contribution < 1.29 is 24.1 Å². The lowest BCUT2D eigenvalue weighted by molar-refractivity contribution is -0.0648. The van der Waals surface area contributed by atoms with Crippen LogP contribution in [0.25, 0.3) is 0 Å². The first-order chi connectivity index (χ1) is 17.8. The van der Waals surface area contributed by atoms with Gasteiger partial charge < -0.3 is 28.6 Å². The molecule has 0 spiro atoms. The Labute approximate surface area is 219 Å². The Morgan fingerprint density at radius 3 is 2.73 bits per heavy atom. The number of benzene rings is 2. The molecule has 1 fully saturated rings. The van der Waals surface area contributed by atoms with Gasteiger partial charge in [-0.2, -0.15) is 0 Å². The van der Waals surface area contributed by atoms with E-state index in [0.29, 0.717) is 32.1 Å². The van der Waals surface area contributed by atoms with Crippen molar-refractivity contribution in [2.24, 2.45) is 0 Å². The first-order valence-electron chi connectivity index (χ1n) is 12.8. The van der Waals surface area contributed by atoms with E-state index in [1.807, 2.05) is 42.0 Å². The normalized spacial score (nSPS) is 18.4. The molecule has 2 heterocycles. The topological polar surface area (TPSA) is 78.2 Å². The standard InChI is InChI=1S/C29H39N3O5/c1-22-14-23(2)24(3)27(15-22)37-20-29(33)18-32(11-13-35-19-29)17-25-6-7-26(34-4)28(16-25)36-12-5-9-31-10-8-30-21-31/h6-8,10,14-16,21,33H,5,9,11-13,17-20H2,1-4H3/t29-/m1/s1. The second-order valence-corrected chi connectivity index (χ2v) is 9.97. The molecule has 0 radical (unpaired) electrons. The molecular formula is C29H39N3O5. The SMILES string of the molecule is COc1ccc(CN2CCOC[C@@](O)(COc3cc(C)cc(C)c3C)C2)cc1OCCCn1ccnc1. The molecule has 2 aromatic carbocycles. The Balaban J connectivity index is 1.37. The summed E-state index contributed by atoms with van der Waals surface area (Å²) in [5.74, 6) is 2.24.